The summed E-state index contributed by atoms with van der Waals surface area (Å²) in [6.07, 6.45) is 0.711. The summed E-state index contributed by atoms with van der Waals surface area (Å²) in [6, 6.07) is 6.04. The van der Waals surface area contributed by atoms with E-state index in [1.54, 1.807) is 0 Å². The number of nitriles is 1. The average molecular weight is 281 g/mol. The van der Waals surface area contributed by atoms with Gasteiger partial charge in [-0.05, 0) is 30.0 Å². The maximum Gasteiger partial charge on any atom is 0.241 e. The quantitative estimate of drug-likeness (QED) is 0.823. The Morgan fingerprint density at radius 1 is 1.37 bits per heavy atom. The van der Waals surface area contributed by atoms with Crippen molar-refractivity contribution >= 4 is 15.7 Å². The van der Waals surface area contributed by atoms with Crippen molar-refractivity contribution in [3.63, 3.8) is 0 Å². The summed E-state index contributed by atoms with van der Waals surface area (Å²) in [5, 5.41) is 8.96. The molecule has 0 unspecified atom stereocenters. The molecule has 0 heterocycles. The van der Waals surface area contributed by atoms with Crippen molar-refractivity contribution in [2.45, 2.75) is 32.1 Å². The lowest BCUT2D eigenvalue weighted by Gasteiger charge is -2.18. The second kappa shape index (κ2) is 5.59. The van der Waals surface area contributed by atoms with Crippen LogP contribution in [0.3, 0.4) is 0 Å². The second-order valence-corrected chi connectivity index (χ2v) is 7.31. The number of rotatable bonds is 4. The number of nitrogens with zero attached hydrogens (tertiary/aromatic N) is 1. The molecule has 1 aromatic rings. The average Bonchev–Trinajstić information content (AvgIpc) is 2.26. The molecule has 19 heavy (non-hydrogen) atoms. The van der Waals surface area contributed by atoms with Gasteiger partial charge in [0.25, 0.3) is 0 Å². The fraction of sp³-hybridized carbons (Fsp3) is 0.462. The first kappa shape index (κ1) is 15.5. The Bertz CT molecular complexity index is 595. The van der Waals surface area contributed by atoms with Crippen LogP contribution in [0.4, 0.5) is 5.69 Å². The summed E-state index contributed by atoms with van der Waals surface area (Å²) in [4.78, 5) is -0.0295. The number of hydrogen-bond donors (Lipinski definition) is 2. The van der Waals surface area contributed by atoms with E-state index in [0.717, 1.165) is 0 Å². The molecule has 0 amide bonds. The molecule has 5 nitrogen and oxygen atoms in total. The smallest absolute Gasteiger partial charge is 0.241 e. The van der Waals surface area contributed by atoms with E-state index in [1.807, 2.05) is 26.8 Å². The number of nitrogen functional groups attached to an aromatic ring is 1. The van der Waals surface area contributed by atoms with Crippen LogP contribution >= 0.6 is 0 Å². The van der Waals surface area contributed by atoms with E-state index in [-0.39, 0.29) is 15.9 Å². The van der Waals surface area contributed by atoms with Crippen molar-refractivity contribution in [3.8, 4) is 6.07 Å². The molecule has 0 atom stereocenters. The van der Waals surface area contributed by atoms with Gasteiger partial charge in [-0.2, -0.15) is 5.26 Å². The van der Waals surface area contributed by atoms with Gasteiger partial charge in [-0.3, -0.25) is 0 Å². The predicted molar refractivity (Wildman–Crippen MR) is 74.8 cm³/mol. The van der Waals surface area contributed by atoms with Crippen molar-refractivity contribution in [2.24, 2.45) is 5.41 Å². The van der Waals surface area contributed by atoms with Crippen molar-refractivity contribution in [1.82, 2.24) is 4.72 Å². The lowest BCUT2D eigenvalue weighted by Crippen LogP contribution is -2.28. The summed E-state index contributed by atoms with van der Waals surface area (Å²) in [5.74, 6) is 0. The zero-order valence-corrected chi connectivity index (χ0v) is 12.2. The van der Waals surface area contributed by atoms with Gasteiger partial charge < -0.3 is 5.73 Å². The zero-order chi connectivity index (χ0) is 14.7. The first-order valence-electron chi connectivity index (χ1n) is 5.95. The minimum absolute atomic E-state index is 0.0295. The van der Waals surface area contributed by atoms with E-state index < -0.39 is 10.0 Å². The van der Waals surface area contributed by atoms with Crippen molar-refractivity contribution in [1.29, 1.82) is 5.26 Å². The number of nitrogens with two attached hydrogens (primary N) is 1. The topological polar surface area (TPSA) is 96.0 Å². The molecule has 104 valence electrons. The molecule has 0 saturated carbocycles. The molecule has 0 aromatic heterocycles. The van der Waals surface area contributed by atoms with Gasteiger partial charge in [0, 0.05) is 12.2 Å². The molecule has 0 aliphatic rings. The van der Waals surface area contributed by atoms with Crippen LogP contribution in [0.5, 0.6) is 0 Å². The SMILES string of the molecule is CC(C)(C)CCNS(=O)(=O)c1ccc(N)cc1C#N. The molecule has 0 aliphatic heterocycles. The number of sulfonamides is 1. The normalized spacial score (nSPS) is 12.1. The fourth-order valence-electron chi connectivity index (χ4n) is 1.51. The Hall–Kier alpha value is -1.58. The highest BCUT2D eigenvalue weighted by atomic mass is 32.2. The molecule has 0 fully saturated rings. The van der Waals surface area contributed by atoms with Crippen molar-refractivity contribution in [2.75, 3.05) is 12.3 Å². The monoisotopic (exact) mass is 281 g/mol. The minimum atomic E-state index is -3.67. The van der Waals surface area contributed by atoms with Crippen molar-refractivity contribution in [3.05, 3.63) is 23.8 Å². The highest BCUT2D eigenvalue weighted by molar-refractivity contribution is 7.89. The van der Waals surface area contributed by atoms with Gasteiger partial charge in [-0.15, -0.1) is 0 Å². The van der Waals surface area contributed by atoms with Gasteiger partial charge in [0.1, 0.15) is 6.07 Å². The standard InChI is InChI=1S/C13H19N3O2S/c1-13(2,3)6-7-16-19(17,18)12-5-4-11(15)8-10(12)9-14/h4-5,8,16H,6-7,15H2,1-3H3. The van der Waals surface area contributed by atoms with E-state index >= 15 is 0 Å². The predicted octanol–water partition coefficient (Wildman–Crippen LogP) is 1.85. The molecule has 1 rings (SSSR count). The van der Waals surface area contributed by atoms with Gasteiger partial charge in [0.2, 0.25) is 10.0 Å². The summed E-state index contributed by atoms with van der Waals surface area (Å²) < 4.78 is 26.7. The Morgan fingerprint density at radius 2 is 2.00 bits per heavy atom. The lowest BCUT2D eigenvalue weighted by molar-refractivity contribution is 0.378. The Kier molecular flexibility index (Phi) is 4.56. The van der Waals surface area contributed by atoms with Crippen LogP contribution in [0, 0.1) is 16.7 Å². The molecule has 0 bridgehead atoms. The second-order valence-electron chi connectivity index (χ2n) is 5.58. The first-order chi connectivity index (χ1) is 8.65. The van der Waals surface area contributed by atoms with E-state index in [4.69, 9.17) is 11.0 Å². The third kappa shape index (κ3) is 4.54. The Balaban J connectivity index is 2.93. The highest BCUT2D eigenvalue weighted by Crippen LogP contribution is 2.20. The Morgan fingerprint density at radius 3 is 2.53 bits per heavy atom. The van der Waals surface area contributed by atoms with Gasteiger partial charge in [-0.1, -0.05) is 20.8 Å². The van der Waals surface area contributed by atoms with Crippen molar-refractivity contribution < 1.29 is 8.42 Å². The molecular formula is C13H19N3O2S. The van der Waals surface area contributed by atoms with Crippen LogP contribution in [0.1, 0.15) is 32.8 Å². The van der Waals surface area contributed by atoms with Crippen LogP contribution in [-0.4, -0.2) is 15.0 Å². The highest BCUT2D eigenvalue weighted by Gasteiger charge is 2.19. The van der Waals surface area contributed by atoms with Gasteiger partial charge >= 0.3 is 0 Å². The van der Waals surface area contributed by atoms with Crippen LogP contribution < -0.4 is 10.5 Å². The maximum atomic E-state index is 12.1. The Labute approximate surface area is 114 Å². The summed E-state index contributed by atoms with van der Waals surface area (Å²) in [6.45, 7) is 6.43. The van der Waals surface area contributed by atoms with E-state index in [9.17, 15) is 8.42 Å². The van der Waals surface area contributed by atoms with Gasteiger partial charge in [-0.25, -0.2) is 13.1 Å². The summed E-state index contributed by atoms with van der Waals surface area (Å²) in [7, 11) is -3.67. The maximum absolute atomic E-state index is 12.1. The van der Waals surface area contributed by atoms with E-state index in [0.29, 0.717) is 18.7 Å². The number of nitrogens with one attached hydrogen (secondary N) is 1. The third-order valence-electron chi connectivity index (χ3n) is 2.58. The number of anilines is 1. The molecule has 6 heteroatoms. The summed E-state index contributed by atoms with van der Waals surface area (Å²) in [5.41, 5.74) is 6.01. The van der Waals surface area contributed by atoms with Gasteiger partial charge in [0.15, 0.2) is 0 Å². The zero-order valence-electron chi connectivity index (χ0n) is 11.4. The van der Waals surface area contributed by atoms with Crippen LogP contribution in [0.15, 0.2) is 23.1 Å². The first-order valence-corrected chi connectivity index (χ1v) is 7.43. The minimum Gasteiger partial charge on any atom is -0.399 e. The largest absolute Gasteiger partial charge is 0.399 e. The van der Waals surface area contributed by atoms with Gasteiger partial charge in [0.05, 0.1) is 10.5 Å². The molecule has 0 spiro atoms. The van der Waals surface area contributed by atoms with E-state index in [1.165, 1.54) is 18.2 Å². The van der Waals surface area contributed by atoms with Crippen LogP contribution in [0.25, 0.3) is 0 Å². The summed E-state index contributed by atoms with van der Waals surface area (Å²) >= 11 is 0. The third-order valence-corrected chi connectivity index (χ3v) is 4.10. The number of benzene rings is 1. The fourth-order valence-corrected chi connectivity index (χ4v) is 2.68. The lowest BCUT2D eigenvalue weighted by atomic mass is 9.93. The molecular weight excluding hydrogens is 262 g/mol. The molecule has 1 aromatic carbocycles. The molecule has 0 radical (unpaired) electrons. The van der Waals surface area contributed by atoms with E-state index in [2.05, 4.69) is 4.72 Å². The number of hydrogen-bond acceptors (Lipinski definition) is 4. The molecule has 0 saturated heterocycles. The molecule has 3 N–H and O–H groups in total. The molecule has 0 aliphatic carbocycles. The van der Waals surface area contributed by atoms with Crippen LogP contribution in [0.2, 0.25) is 0 Å². The van der Waals surface area contributed by atoms with Crippen LogP contribution in [-0.2, 0) is 10.0 Å².